The highest BCUT2D eigenvalue weighted by molar-refractivity contribution is 7.89. The van der Waals surface area contributed by atoms with Crippen molar-refractivity contribution in [2.45, 2.75) is 38.0 Å². The lowest BCUT2D eigenvalue weighted by Crippen LogP contribution is -2.13. The van der Waals surface area contributed by atoms with Gasteiger partial charge in [-0.1, -0.05) is 73.2 Å². The number of sulfonamides is 1. The van der Waals surface area contributed by atoms with E-state index in [1.807, 2.05) is 25.1 Å². The summed E-state index contributed by atoms with van der Waals surface area (Å²) in [6.45, 7) is 5.84. The quantitative estimate of drug-likeness (QED) is 0.164. The summed E-state index contributed by atoms with van der Waals surface area (Å²) in [4.78, 5) is 11.1. The number of anilines is 1. The third-order valence-electron chi connectivity index (χ3n) is 6.80. The zero-order chi connectivity index (χ0) is 29.0. The number of halogens is 1. The second kappa shape index (κ2) is 11.8. The van der Waals surface area contributed by atoms with Crippen molar-refractivity contribution in [2.75, 3.05) is 5.32 Å². The Kier molecular flexibility index (Phi) is 8.46. The Morgan fingerprint density at radius 2 is 1.80 bits per heavy atom. The number of primary sulfonamides is 1. The van der Waals surface area contributed by atoms with Gasteiger partial charge in [0.25, 0.3) is 5.69 Å². The van der Waals surface area contributed by atoms with Gasteiger partial charge in [0.2, 0.25) is 10.0 Å². The number of nitrogens with zero attached hydrogens (tertiary/aromatic N) is 1. The second-order valence-corrected chi connectivity index (χ2v) is 11.0. The molecule has 0 aromatic heterocycles. The average molecular weight is 560 g/mol. The molecule has 4 aromatic carbocycles. The summed E-state index contributed by atoms with van der Waals surface area (Å²) in [5.41, 5.74) is 4.84. The lowest BCUT2D eigenvalue weighted by atomic mass is 9.84. The average Bonchev–Trinajstić information content (AvgIpc) is 2.92. The molecule has 0 heterocycles. The van der Waals surface area contributed by atoms with Gasteiger partial charge in [-0.15, -0.1) is 0 Å². The Balaban J connectivity index is 1.77. The molecule has 4 aromatic rings. The van der Waals surface area contributed by atoms with Gasteiger partial charge in [0, 0.05) is 34.9 Å². The van der Waals surface area contributed by atoms with Crippen LogP contribution >= 0.6 is 0 Å². The van der Waals surface area contributed by atoms with Crippen LogP contribution in [0.2, 0.25) is 0 Å². The lowest BCUT2D eigenvalue weighted by molar-refractivity contribution is -0.384. The topological polar surface area (TPSA) is 115 Å². The number of nitrogens with one attached hydrogen (secondary N) is 1. The van der Waals surface area contributed by atoms with Crippen molar-refractivity contribution in [1.29, 1.82) is 0 Å². The minimum atomic E-state index is -4.02. The minimum absolute atomic E-state index is 0.0469. The molecule has 0 saturated carbocycles. The predicted molar refractivity (Wildman–Crippen MR) is 157 cm³/mol. The summed E-state index contributed by atoms with van der Waals surface area (Å²) in [7, 11) is -4.02. The molecule has 4 rings (SSSR count). The summed E-state index contributed by atoms with van der Waals surface area (Å²) >= 11 is 0. The van der Waals surface area contributed by atoms with Gasteiger partial charge >= 0.3 is 0 Å². The normalized spacial score (nSPS) is 12.7. The number of nitro benzene ring substituents is 1. The van der Waals surface area contributed by atoms with Crippen molar-refractivity contribution in [3.8, 4) is 11.1 Å². The summed E-state index contributed by atoms with van der Waals surface area (Å²) in [6, 6.07) is 23.3. The summed E-state index contributed by atoms with van der Waals surface area (Å²) in [5, 5.41) is 20.1. The van der Waals surface area contributed by atoms with Crippen molar-refractivity contribution < 1.29 is 17.7 Å². The highest BCUT2D eigenvalue weighted by atomic mass is 32.2. The number of nitro groups is 1. The highest BCUT2D eigenvalue weighted by Gasteiger charge is 2.22. The Morgan fingerprint density at radius 1 is 1.05 bits per heavy atom. The van der Waals surface area contributed by atoms with Crippen LogP contribution in [0.25, 0.3) is 16.8 Å². The number of rotatable bonds is 9. The summed E-state index contributed by atoms with van der Waals surface area (Å²) in [6.07, 6.45) is 2.49. The van der Waals surface area contributed by atoms with Crippen LogP contribution in [0.4, 0.5) is 15.8 Å². The molecule has 0 saturated heterocycles. The molecule has 0 aliphatic carbocycles. The lowest BCUT2D eigenvalue weighted by Gasteiger charge is -2.22. The molecule has 0 bridgehead atoms. The van der Waals surface area contributed by atoms with Crippen LogP contribution in [0.5, 0.6) is 0 Å². The van der Waals surface area contributed by atoms with E-state index in [-0.39, 0.29) is 27.8 Å². The molecule has 206 valence electrons. The second-order valence-electron chi connectivity index (χ2n) is 9.47. The van der Waals surface area contributed by atoms with Gasteiger partial charge in [-0.25, -0.2) is 17.9 Å². The molecular weight excluding hydrogens is 529 g/mol. The fourth-order valence-electron chi connectivity index (χ4n) is 4.89. The van der Waals surface area contributed by atoms with Gasteiger partial charge in [-0.2, -0.15) is 0 Å². The number of non-ortho nitro benzene ring substituents is 1. The number of hydrogen-bond acceptors (Lipinski definition) is 5. The van der Waals surface area contributed by atoms with Crippen LogP contribution in [0, 0.1) is 22.9 Å². The number of nitrogens with two attached hydrogens (primary N) is 1. The van der Waals surface area contributed by atoms with E-state index in [9.17, 15) is 18.5 Å². The molecule has 1 atom stereocenters. The van der Waals surface area contributed by atoms with Crippen molar-refractivity contribution in [3.63, 3.8) is 0 Å². The van der Waals surface area contributed by atoms with Gasteiger partial charge in [-0.3, -0.25) is 10.1 Å². The molecule has 9 heteroatoms. The van der Waals surface area contributed by atoms with Crippen LogP contribution in [0.3, 0.4) is 0 Å². The van der Waals surface area contributed by atoms with E-state index in [4.69, 9.17) is 5.14 Å². The maximum atomic E-state index is 15.4. The first kappa shape index (κ1) is 28.7. The fourth-order valence-corrected chi connectivity index (χ4v) is 5.65. The summed E-state index contributed by atoms with van der Waals surface area (Å²) in [5.74, 6) is -0.673. The minimum Gasteiger partial charge on any atom is -0.353 e. The summed E-state index contributed by atoms with van der Waals surface area (Å²) < 4.78 is 39.5. The van der Waals surface area contributed by atoms with Crippen LogP contribution in [0.1, 0.15) is 48.4 Å². The van der Waals surface area contributed by atoms with Crippen molar-refractivity contribution in [2.24, 2.45) is 5.14 Å². The third kappa shape index (κ3) is 6.11. The Morgan fingerprint density at radius 3 is 2.42 bits per heavy atom. The van der Waals surface area contributed by atoms with Crippen molar-refractivity contribution in [3.05, 3.63) is 129 Å². The Bertz CT molecular complexity index is 1720. The third-order valence-corrected chi connectivity index (χ3v) is 7.77. The standard InChI is InChI=1S/C31H30FN3O4S/c1-4-24(21-10-8-9-20(3)17-21)26-15-14-23(35(36)37)19-27(26)29(5-2)34-30-16-13-22(18-28(30)32)25-11-6-7-12-31(25)40(33,38)39/h5-19,24,34H,4H2,1-3H3,(H2,33,38,39)/b29-5-. The van der Waals surface area contributed by atoms with Crippen molar-refractivity contribution >= 4 is 27.1 Å². The Labute approximate surface area is 233 Å². The van der Waals surface area contributed by atoms with Crippen molar-refractivity contribution in [1.82, 2.24) is 0 Å². The molecule has 7 nitrogen and oxygen atoms in total. The van der Waals surface area contributed by atoms with E-state index < -0.39 is 20.8 Å². The van der Waals surface area contributed by atoms with Gasteiger partial charge in [0.05, 0.1) is 15.5 Å². The fraction of sp³-hybridized carbons (Fsp3) is 0.161. The highest BCUT2D eigenvalue weighted by Crippen LogP contribution is 2.37. The molecule has 0 amide bonds. The molecule has 0 radical (unpaired) electrons. The zero-order valence-electron chi connectivity index (χ0n) is 22.4. The maximum absolute atomic E-state index is 15.4. The van der Waals surface area contributed by atoms with E-state index in [0.717, 1.165) is 23.1 Å². The molecule has 40 heavy (non-hydrogen) atoms. The largest absolute Gasteiger partial charge is 0.353 e. The Hall–Kier alpha value is -4.34. The van der Waals surface area contributed by atoms with Crippen LogP contribution < -0.4 is 10.5 Å². The number of allylic oxidation sites excluding steroid dienone is 1. The van der Waals surface area contributed by atoms with E-state index >= 15 is 4.39 Å². The molecule has 0 aliphatic heterocycles. The first-order chi connectivity index (χ1) is 19.0. The number of hydrogen-bond donors (Lipinski definition) is 2. The van der Waals surface area contributed by atoms with Gasteiger partial charge in [0.1, 0.15) is 5.82 Å². The number of aryl methyl sites for hydroxylation is 1. The predicted octanol–water partition coefficient (Wildman–Crippen LogP) is 7.37. The van der Waals surface area contributed by atoms with Gasteiger partial charge < -0.3 is 5.32 Å². The van der Waals surface area contributed by atoms with Gasteiger partial charge in [-0.05, 0) is 55.2 Å². The molecule has 0 aliphatic rings. The SMILES string of the molecule is C/C=C(\Nc1ccc(-c2ccccc2S(N)(=O)=O)cc1F)c1cc([N+](=O)[O-])ccc1C(CC)c1cccc(C)c1. The number of benzene rings is 4. The molecular formula is C31H30FN3O4S. The van der Waals surface area contributed by atoms with Crippen LogP contribution in [-0.2, 0) is 10.0 Å². The first-order valence-corrected chi connectivity index (χ1v) is 14.3. The molecule has 0 spiro atoms. The molecule has 0 fully saturated rings. The first-order valence-electron chi connectivity index (χ1n) is 12.7. The van der Waals surface area contributed by atoms with Gasteiger partial charge in [0.15, 0.2) is 0 Å². The smallest absolute Gasteiger partial charge is 0.270 e. The van der Waals surface area contributed by atoms with E-state index in [1.165, 1.54) is 30.3 Å². The molecule has 1 unspecified atom stereocenters. The monoisotopic (exact) mass is 559 g/mol. The van der Waals surface area contributed by atoms with E-state index in [1.54, 1.807) is 43.3 Å². The van der Waals surface area contributed by atoms with Crippen LogP contribution in [0.15, 0.2) is 95.9 Å². The zero-order valence-corrected chi connectivity index (χ0v) is 23.2. The van der Waals surface area contributed by atoms with Crippen LogP contribution in [-0.4, -0.2) is 13.3 Å². The van der Waals surface area contributed by atoms with E-state index in [0.29, 0.717) is 16.8 Å². The maximum Gasteiger partial charge on any atom is 0.270 e. The van der Waals surface area contributed by atoms with E-state index in [2.05, 4.69) is 18.3 Å². The molecule has 3 N–H and O–H groups in total.